The molecule has 3 nitrogen and oxygen atoms in total. The van der Waals surface area contributed by atoms with Crippen LogP contribution in [0.5, 0.6) is 0 Å². The molecule has 0 bridgehead atoms. The summed E-state index contributed by atoms with van der Waals surface area (Å²) in [7, 11) is 2.20. The van der Waals surface area contributed by atoms with E-state index >= 15 is 0 Å². The van der Waals surface area contributed by atoms with Gasteiger partial charge in [-0.05, 0) is 51.6 Å². The Labute approximate surface area is 122 Å². The largest absolute Gasteiger partial charge is 0.392 e. The number of likely N-dealkylation sites (N-methyl/N-ethyl adjacent to an activating group) is 1. The second-order valence-corrected chi connectivity index (χ2v) is 6.76. The summed E-state index contributed by atoms with van der Waals surface area (Å²) in [5, 5.41) is 10.4. The van der Waals surface area contributed by atoms with E-state index in [0.29, 0.717) is 5.92 Å². The maximum Gasteiger partial charge on any atom is 0.0609 e. The Bertz CT molecular complexity index is 394. The summed E-state index contributed by atoms with van der Waals surface area (Å²) >= 11 is 0. The fraction of sp³-hybridized carbons (Fsp3) is 0.765. The van der Waals surface area contributed by atoms with Gasteiger partial charge >= 0.3 is 0 Å². The molecule has 1 heterocycles. The van der Waals surface area contributed by atoms with Crippen LogP contribution in [0.4, 0.5) is 0 Å². The van der Waals surface area contributed by atoms with E-state index in [1.54, 1.807) is 5.57 Å². The number of piperazine rings is 1. The Morgan fingerprint density at radius 1 is 1.05 bits per heavy atom. The second-order valence-electron chi connectivity index (χ2n) is 6.76. The third kappa shape index (κ3) is 3.33. The van der Waals surface area contributed by atoms with E-state index in [2.05, 4.69) is 29.0 Å². The average molecular weight is 276 g/mol. The van der Waals surface area contributed by atoms with Crippen molar-refractivity contribution in [2.24, 2.45) is 5.92 Å². The topological polar surface area (TPSA) is 26.7 Å². The van der Waals surface area contributed by atoms with Crippen LogP contribution in [0.2, 0.25) is 0 Å². The Morgan fingerprint density at radius 3 is 2.40 bits per heavy atom. The van der Waals surface area contributed by atoms with Crippen LogP contribution in [0.15, 0.2) is 23.3 Å². The SMILES string of the molecule is CN1CCN(CC[C@H]2CC3=C(CC=CC3)C[C@@H]2O)CC1. The molecule has 1 aliphatic heterocycles. The molecule has 0 unspecified atom stereocenters. The maximum absolute atomic E-state index is 10.4. The smallest absolute Gasteiger partial charge is 0.0609 e. The number of rotatable bonds is 3. The van der Waals surface area contributed by atoms with Crippen LogP contribution in [0.25, 0.3) is 0 Å². The average Bonchev–Trinajstić information content (AvgIpc) is 2.47. The quantitative estimate of drug-likeness (QED) is 0.799. The van der Waals surface area contributed by atoms with Crippen LogP contribution < -0.4 is 0 Å². The Balaban J connectivity index is 1.49. The molecule has 0 aromatic rings. The van der Waals surface area contributed by atoms with Gasteiger partial charge < -0.3 is 14.9 Å². The van der Waals surface area contributed by atoms with Gasteiger partial charge in [-0.15, -0.1) is 0 Å². The summed E-state index contributed by atoms with van der Waals surface area (Å²) in [5.74, 6) is 0.486. The van der Waals surface area contributed by atoms with Gasteiger partial charge in [-0.2, -0.15) is 0 Å². The van der Waals surface area contributed by atoms with Crippen molar-refractivity contribution in [3.63, 3.8) is 0 Å². The van der Waals surface area contributed by atoms with Crippen LogP contribution in [-0.2, 0) is 0 Å². The molecule has 3 aliphatic rings. The molecule has 20 heavy (non-hydrogen) atoms. The molecule has 1 N–H and O–H groups in total. The van der Waals surface area contributed by atoms with E-state index in [9.17, 15) is 5.11 Å². The van der Waals surface area contributed by atoms with E-state index in [1.807, 2.05) is 0 Å². The van der Waals surface area contributed by atoms with Crippen molar-refractivity contribution in [3.05, 3.63) is 23.3 Å². The summed E-state index contributed by atoms with van der Waals surface area (Å²) in [6.45, 7) is 5.92. The molecule has 3 heteroatoms. The number of aliphatic hydroxyl groups excluding tert-OH is 1. The van der Waals surface area contributed by atoms with Gasteiger partial charge in [-0.3, -0.25) is 0 Å². The van der Waals surface area contributed by atoms with Gasteiger partial charge in [0.15, 0.2) is 0 Å². The minimum Gasteiger partial charge on any atom is -0.392 e. The molecule has 2 aliphatic carbocycles. The molecule has 1 saturated heterocycles. The third-order valence-electron chi connectivity index (χ3n) is 5.32. The Morgan fingerprint density at radius 2 is 1.70 bits per heavy atom. The highest BCUT2D eigenvalue weighted by molar-refractivity contribution is 5.27. The lowest BCUT2D eigenvalue weighted by atomic mass is 9.76. The fourth-order valence-electron chi connectivity index (χ4n) is 3.78. The molecule has 3 rings (SSSR count). The van der Waals surface area contributed by atoms with Crippen molar-refractivity contribution in [3.8, 4) is 0 Å². The highest BCUT2D eigenvalue weighted by atomic mass is 16.3. The summed E-state index contributed by atoms with van der Waals surface area (Å²) < 4.78 is 0. The molecule has 0 aromatic carbocycles. The number of nitrogens with zero attached hydrogens (tertiary/aromatic N) is 2. The summed E-state index contributed by atoms with van der Waals surface area (Å²) in [4.78, 5) is 4.97. The van der Waals surface area contributed by atoms with Crippen LogP contribution in [0.1, 0.15) is 32.1 Å². The van der Waals surface area contributed by atoms with Crippen molar-refractivity contribution < 1.29 is 5.11 Å². The molecule has 0 saturated carbocycles. The van der Waals surface area contributed by atoms with Crippen molar-refractivity contribution in [2.45, 2.75) is 38.2 Å². The zero-order valence-corrected chi connectivity index (χ0v) is 12.7. The van der Waals surface area contributed by atoms with E-state index in [1.165, 1.54) is 31.8 Å². The van der Waals surface area contributed by atoms with Gasteiger partial charge in [-0.1, -0.05) is 23.3 Å². The van der Waals surface area contributed by atoms with E-state index in [0.717, 1.165) is 38.6 Å². The highest BCUT2D eigenvalue weighted by Crippen LogP contribution is 2.37. The van der Waals surface area contributed by atoms with E-state index in [4.69, 9.17) is 0 Å². The first-order valence-electron chi connectivity index (χ1n) is 8.16. The molecule has 0 aromatic heterocycles. The number of hydrogen-bond donors (Lipinski definition) is 1. The lowest BCUT2D eigenvalue weighted by Gasteiger charge is -2.36. The van der Waals surface area contributed by atoms with Crippen LogP contribution in [0.3, 0.4) is 0 Å². The number of aliphatic hydroxyl groups is 1. The van der Waals surface area contributed by atoms with Crippen molar-refractivity contribution in [1.29, 1.82) is 0 Å². The lowest BCUT2D eigenvalue weighted by molar-refractivity contribution is 0.0776. The molecular weight excluding hydrogens is 248 g/mol. The predicted octanol–water partition coefficient (Wildman–Crippen LogP) is 2.04. The molecular formula is C17H28N2O. The van der Waals surface area contributed by atoms with Gasteiger partial charge in [0.25, 0.3) is 0 Å². The van der Waals surface area contributed by atoms with Crippen molar-refractivity contribution >= 4 is 0 Å². The van der Waals surface area contributed by atoms with Crippen LogP contribution >= 0.6 is 0 Å². The Kier molecular flexibility index (Phi) is 4.59. The standard InChI is InChI=1S/C17H28N2O/c1-18-8-10-19(11-9-18)7-6-16-12-14-4-2-3-5-15(14)13-17(16)20/h2-3,16-17,20H,4-13H2,1H3/t16-,17-/m0/s1. The van der Waals surface area contributed by atoms with E-state index < -0.39 is 0 Å². The number of allylic oxidation sites excluding steroid dienone is 3. The number of hydrogen-bond acceptors (Lipinski definition) is 3. The maximum atomic E-state index is 10.4. The van der Waals surface area contributed by atoms with Gasteiger partial charge in [-0.25, -0.2) is 0 Å². The molecule has 0 amide bonds. The van der Waals surface area contributed by atoms with Crippen molar-refractivity contribution in [1.82, 2.24) is 9.80 Å². The first-order chi connectivity index (χ1) is 9.72. The van der Waals surface area contributed by atoms with Gasteiger partial charge in [0.2, 0.25) is 0 Å². The lowest BCUT2D eigenvalue weighted by Crippen LogP contribution is -2.45. The molecule has 0 spiro atoms. The minimum absolute atomic E-state index is 0.104. The first kappa shape index (κ1) is 14.3. The van der Waals surface area contributed by atoms with Crippen LogP contribution in [-0.4, -0.2) is 60.8 Å². The molecule has 0 radical (unpaired) electrons. The Hall–Kier alpha value is -0.640. The van der Waals surface area contributed by atoms with E-state index in [-0.39, 0.29) is 6.10 Å². The summed E-state index contributed by atoms with van der Waals surface area (Å²) in [6.07, 6.45) is 9.88. The minimum atomic E-state index is -0.104. The molecule has 112 valence electrons. The predicted molar refractivity (Wildman–Crippen MR) is 82.7 cm³/mol. The highest BCUT2D eigenvalue weighted by Gasteiger charge is 2.29. The summed E-state index contributed by atoms with van der Waals surface area (Å²) in [6, 6.07) is 0. The van der Waals surface area contributed by atoms with Gasteiger partial charge in [0.05, 0.1) is 6.10 Å². The monoisotopic (exact) mass is 276 g/mol. The second kappa shape index (κ2) is 6.42. The van der Waals surface area contributed by atoms with Gasteiger partial charge in [0.1, 0.15) is 0 Å². The van der Waals surface area contributed by atoms with Crippen LogP contribution in [0, 0.1) is 5.92 Å². The van der Waals surface area contributed by atoms with Gasteiger partial charge in [0, 0.05) is 26.2 Å². The molecule has 1 fully saturated rings. The first-order valence-corrected chi connectivity index (χ1v) is 8.16. The van der Waals surface area contributed by atoms with Crippen molar-refractivity contribution in [2.75, 3.05) is 39.8 Å². The zero-order chi connectivity index (χ0) is 13.9. The zero-order valence-electron chi connectivity index (χ0n) is 12.7. The fourth-order valence-corrected chi connectivity index (χ4v) is 3.78. The molecule has 2 atom stereocenters. The normalized spacial score (nSPS) is 32.5. The third-order valence-corrected chi connectivity index (χ3v) is 5.32. The summed E-state index contributed by atoms with van der Waals surface area (Å²) in [5.41, 5.74) is 3.15.